The maximum Gasteiger partial charge on any atom is 0.239 e. The Hall–Kier alpha value is -1.98. The predicted molar refractivity (Wildman–Crippen MR) is 84.2 cm³/mol. The van der Waals surface area contributed by atoms with Crippen molar-refractivity contribution < 1.29 is 18.4 Å². The Bertz CT molecular complexity index is 682. The van der Waals surface area contributed by atoms with E-state index < -0.39 is 17.6 Å². The third kappa shape index (κ3) is 2.48. The van der Waals surface area contributed by atoms with Crippen LogP contribution in [0.3, 0.4) is 0 Å². The molecule has 0 spiro atoms. The summed E-state index contributed by atoms with van der Waals surface area (Å²) in [5.41, 5.74) is 0.312. The number of likely N-dealkylation sites (tertiary alicyclic amines) is 1. The van der Waals surface area contributed by atoms with Crippen LogP contribution in [-0.4, -0.2) is 36.3 Å². The SMILES string of the molecule is O=C([C@@H]1CCN(c2ccc(F)c(F)c2)C1=O)N1C[C@H]2CCC[C@@H]2C1. The second-order valence-electron chi connectivity index (χ2n) is 7.12. The molecule has 1 aromatic carbocycles. The number of amides is 2. The highest BCUT2D eigenvalue weighted by molar-refractivity contribution is 6.09. The lowest BCUT2D eigenvalue weighted by Crippen LogP contribution is -2.39. The van der Waals surface area contributed by atoms with Gasteiger partial charge in [-0.05, 0) is 43.2 Å². The summed E-state index contributed by atoms with van der Waals surface area (Å²) in [5.74, 6) is -1.83. The molecule has 0 radical (unpaired) electrons. The lowest BCUT2D eigenvalue weighted by Gasteiger charge is -2.21. The first-order valence-electron chi connectivity index (χ1n) is 8.60. The largest absolute Gasteiger partial charge is 0.341 e. The topological polar surface area (TPSA) is 40.6 Å². The third-order valence-electron chi connectivity index (χ3n) is 5.76. The number of hydrogen-bond acceptors (Lipinski definition) is 2. The van der Waals surface area contributed by atoms with Crippen molar-refractivity contribution in [2.24, 2.45) is 17.8 Å². The van der Waals surface area contributed by atoms with E-state index in [0.29, 0.717) is 30.5 Å². The van der Waals surface area contributed by atoms with Crippen LogP contribution in [0.5, 0.6) is 0 Å². The number of nitrogens with zero attached hydrogens (tertiary/aromatic N) is 2. The second kappa shape index (κ2) is 5.83. The standard InChI is InChI=1S/C18H20F2N2O2/c19-15-5-4-13(8-16(15)20)22-7-6-14(18(22)24)17(23)21-9-11-2-1-3-12(11)10-21/h4-5,8,11-12,14H,1-3,6-7,9-10H2/t11-,12-,14+/m1/s1. The molecule has 3 atom stereocenters. The summed E-state index contributed by atoms with van der Waals surface area (Å²) in [7, 11) is 0. The number of carbonyl (C=O) groups is 2. The van der Waals surface area contributed by atoms with E-state index in [1.165, 1.54) is 30.2 Å². The van der Waals surface area contributed by atoms with Gasteiger partial charge < -0.3 is 9.80 Å². The van der Waals surface area contributed by atoms with E-state index in [4.69, 9.17) is 0 Å². The van der Waals surface area contributed by atoms with Crippen molar-refractivity contribution in [3.8, 4) is 0 Å². The van der Waals surface area contributed by atoms with Crippen LogP contribution < -0.4 is 4.90 Å². The summed E-state index contributed by atoms with van der Waals surface area (Å²) in [6, 6.07) is 3.40. The monoisotopic (exact) mass is 334 g/mol. The first kappa shape index (κ1) is 15.5. The molecule has 4 rings (SSSR count). The molecule has 2 aliphatic heterocycles. The summed E-state index contributed by atoms with van der Waals surface area (Å²) >= 11 is 0. The van der Waals surface area contributed by atoms with Crippen LogP contribution in [0.2, 0.25) is 0 Å². The molecule has 4 nitrogen and oxygen atoms in total. The maximum absolute atomic E-state index is 13.4. The van der Waals surface area contributed by atoms with Gasteiger partial charge in [0.1, 0.15) is 5.92 Å². The number of carbonyl (C=O) groups excluding carboxylic acids is 2. The minimum atomic E-state index is -0.984. The minimum Gasteiger partial charge on any atom is -0.341 e. The molecule has 128 valence electrons. The number of benzene rings is 1. The Labute approximate surface area is 139 Å². The molecule has 1 saturated carbocycles. The Morgan fingerprint density at radius 3 is 2.42 bits per heavy atom. The Morgan fingerprint density at radius 1 is 1.04 bits per heavy atom. The van der Waals surface area contributed by atoms with Crippen LogP contribution in [0.15, 0.2) is 18.2 Å². The third-order valence-corrected chi connectivity index (χ3v) is 5.76. The van der Waals surface area contributed by atoms with Gasteiger partial charge in [-0.2, -0.15) is 0 Å². The highest BCUT2D eigenvalue weighted by Crippen LogP contribution is 2.39. The van der Waals surface area contributed by atoms with Crippen LogP contribution >= 0.6 is 0 Å². The van der Waals surface area contributed by atoms with Gasteiger partial charge in [-0.15, -0.1) is 0 Å². The Morgan fingerprint density at radius 2 is 1.75 bits per heavy atom. The van der Waals surface area contributed by atoms with E-state index in [1.807, 2.05) is 4.90 Å². The van der Waals surface area contributed by atoms with Crippen LogP contribution in [0.1, 0.15) is 25.7 Å². The average Bonchev–Trinajstić information content (AvgIpc) is 3.23. The lowest BCUT2D eigenvalue weighted by atomic mass is 10.0. The lowest BCUT2D eigenvalue weighted by molar-refractivity contribution is -0.139. The Balaban J connectivity index is 1.47. The van der Waals surface area contributed by atoms with Crippen LogP contribution in [0.4, 0.5) is 14.5 Å². The zero-order valence-electron chi connectivity index (χ0n) is 13.4. The molecule has 3 fully saturated rings. The van der Waals surface area contributed by atoms with Gasteiger partial charge in [-0.25, -0.2) is 8.78 Å². The van der Waals surface area contributed by atoms with Crippen molar-refractivity contribution >= 4 is 17.5 Å². The quantitative estimate of drug-likeness (QED) is 0.780. The molecule has 2 saturated heterocycles. The van der Waals surface area contributed by atoms with Gasteiger partial charge in [-0.3, -0.25) is 9.59 Å². The van der Waals surface area contributed by atoms with E-state index in [0.717, 1.165) is 25.2 Å². The van der Waals surface area contributed by atoms with Crippen LogP contribution in [0, 0.1) is 29.4 Å². The van der Waals surface area contributed by atoms with Gasteiger partial charge in [0.15, 0.2) is 11.6 Å². The smallest absolute Gasteiger partial charge is 0.239 e. The number of anilines is 1. The molecule has 2 amide bonds. The van der Waals surface area contributed by atoms with Crippen LogP contribution in [0.25, 0.3) is 0 Å². The summed E-state index contributed by atoms with van der Waals surface area (Å²) in [4.78, 5) is 28.6. The van der Waals surface area contributed by atoms with Gasteiger partial charge in [0, 0.05) is 31.4 Å². The molecule has 0 aromatic heterocycles. The zero-order valence-corrected chi connectivity index (χ0v) is 13.4. The highest BCUT2D eigenvalue weighted by atomic mass is 19.2. The number of fused-ring (bicyclic) bond motifs is 1. The molecular formula is C18H20F2N2O2. The van der Waals surface area contributed by atoms with E-state index in [2.05, 4.69) is 0 Å². The first-order valence-corrected chi connectivity index (χ1v) is 8.60. The molecule has 1 aliphatic carbocycles. The average molecular weight is 334 g/mol. The van der Waals surface area contributed by atoms with Crippen molar-refractivity contribution in [2.45, 2.75) is 25.7 Å². The van der Waals surface area contributed by atoms with Gasteiger partial charge in [0.05, 0.1) is 0 Å². The molecule has 24 heavy (non-hydrogen) atoms. The molecule has 6 heteroatoms. The molecule has 1 aromatic rings. The summed E-state index contributed by atoms with van der Waals surface area (Å²) in [6.45, 7) is 1.89. The molecule has 0 unspecified atom stereocenters. The predicted octanol–water partition coefficient (Wildman–Crippen LogP) is 2.58. The molecule has 0 N–H and O–H groups in total. The fraction of sp³-hybridized carbons (Fsp3) is 0.556. The normalized spacial score (nSPS) is 29.4. The van der Waals surface area contributed by atoms with E-state index in [-0.39, 0.29) is 11.8 Å². The van der Waals surface area contributed by atoms with Crippen molar-refractivity contribution in [1.82, 2.24) is 4.90 Å². The van der Waals surface area contributed by atoms with E-state index >= 15 is 0 Å². The fourth-order valence-electron chi connectivity index (χ4n) is 4.45. The van der Waals surface area contributed by atoms with E-state index in [1.54, 1.807) is 0 Å². The second-order valence-corrected chi connectivity index (χ2v) is 7.12. The molecular weight excluding hydrogens is 314 g/mol. The summed E-state index contributed by atoms with van der Waals surface area (Å²) in [6.07, 6.45) is 4.02. The maximum atomic E-state index is 13.4. The fourth-order valence-corrected chi connectivity index (χ4v) is 4.45. The van der Waals surface area contributed by atoms with Crippen molar-refractivity contribution in [2.75, 3.05) is 24.5 Å². The van der Waals surface area contributed by atoms with Gasteiger partial charge >= 0.3 is 0 Å². The van der Waals surface area contributed by atoms with Crippen LogP contribution in [-0.2, 0) is 9.59 Å². The van der Waals surface area contributed by atoms with Gasteiger partial charge in [-0.1, -0.05) is 6.42 Å². The highest BCUT2D eigenvalue weighted by Gasteiger charge is 2.44. The van der Waals surface area contributed by atoms with Crippen molar-refractivity contribution in [1.29, 1.82) is 0 Å². The summed E-state index contributed by atoms with van der Waals surface area (Å²) in [5, 5.41) is 0. The zero-order chi connectivity index (χ0) is 16.8. The van der Waals surface area contributed by atoms with Gasteiger partial charge in [0.2, 0.25) is 11.8 Å². The molecule has 0 bridgehead atoms. The number of halogens is 2. The summed E-state index contributed by atoms with van der Waals surface area (Å²) < 4.78 is 26.5. The number of hydrogen-bond donors (Lipinski definition) is 0. The number of rotatable bonds is 2. The Kier molecular flexibility index (Phi) is 3.77. The van der Waals surface area contributed by atoms with Crippen molar-refractivity contribution in [3.05, 3.63) is 29.8 Å². The van der Waals surface area contributed by atoms with Gasteiger partial charge in [0.25, 0.3) is 0 Å². The first-order chi connectivity index (χ1) is 11.5. The molecule has 3 aliphatic rings. The van der Waals surface area contributed by atoms with Crippen molar-refractivity contribution in [3.63, 3.8) is 0 Å². The van der Waals surface area contributed by atoms with E-state index in [9.17, 15) is 18.4 Å². The molecule has 2 heterocycles. The minimum absolute atomic E-state index is 0.0977.